The lowest BCUT2D eigenvalue weighted by molar-refractivity contribution is 0.152. The molecule has 0 radical (unpaired) electrons. The molecule has 1 heterocycles. The molecule has 0 saturated carbocycles. The number of ether oxygens (including phenoxy) is 1. The molecule has 1 aromatic rings. The molecule has 0 bridgehead atoms. The fraction of sp³-hybridized carbons (Fsp3) is 0.727. The van der Waals surface area contributed by atoms with Crippen molar-refractivity contribution in [3.8, 4) is 0 Å². The van der Waals surface area contributed by atoms with Gasteiger partial charge in [0.05, 0.1) is 6.61 Å². The second-order valence-corrected chi connectivity index (χ2v) is 3.55. The van der Waals surface area contributed by atoms with Crippen LogP contribution < -0.4 is 10.6 Å². The molecule has 0 spiro atoms. The molecule has 0 atom stereocenters. The molecular formula is C11H21N5O2. The summed E-state index contributed by atoms with van der Waals surface area (Å²) in [6.07, 6.45) is 0. The smallest absolute Gasteiger partial charge is 0.248 e. The van der Waals surface area contributed by atoms with Crippen LogP contribution in [0.4, 0.5) is 0 Å². The summed E-state index contributed by atoms with van der Waals surface area (Å²) >= 11 is 0. The zero-order valence-corrected chi connectivity index (χ0v) is 11.2. The van der Waals surface area contributed by atoms with Gasteiger partial charge in [-0.15, -0.1) is 0 Å². The van der Waals surface area contributed by atoms with E-state index in [4.69, 9.17) is 9.26 Å². The Bertz CT molecular complexity index is 364. The molecule has 0 saturated heterocycles. The number of nitrogens with zero attached hydrogens (tertiary/aromatic N) is 3. The maximum Gasteiger partial charge on any atom is 0.248 e. The van der Waals surface area contributed by atoms with Crippen LogP contribution in [-0.4, -0.2) is 42.4 Å². The second kappa shape index (κ2) is 8.46. The molecule has 7 nitrogen and oxygen atoms in total. The van der Waals surface area contributed by atoms with Crippen molar-refractivity contribution in [2.45, 2.75) is 27.3 Å². The number of rotatable bonds is 7. The fourth-order valence-electron chi connectivity index (χ4n) is 1.28. The van der Waals surface area contributed by atoms with Gasteiger partial charge in [0, 0.05) is 19.7 Å². The van der Waals surface area contributed by atoms with Crippen LogP contribution in [0.15, 0.2) is 9.52 Å². The van der Waals surface area contributed by atoms with E-state index >= 15 is 0 Å². The summed E-state index contributed by atoms with van der Waals surface area (Å²) < 4.78 is 10.2. The van der Waals surface area contributed by atoms with E-state index in [1.807, 2.05) is 13.8 Å². The van der Waals surface area contributed by atoms with Crippen molar-refractivity contribution >= 4 is 5.96 Å². The van der Waals surface area contributed by atoms with E-state index in [9.17, 15) is 0 Å². The molecule has 1 aromatic heterocycles. The van der Waals surface area contributed by atoms with E-state index in [-0.39, 0.29) is 0 Å². The first-order chi connectivity index (χ1) is 8.76. The van der Waals surface area contributed by atoms with Crippen molar-refractivity contribution in [1.29, 1.82) is 0 Å². The van der Waals surface area contributed by atoms with Crippen LogP contribution in [0.25, 0.3) is 0 Å². The molecule has 0 amide bonds. The number of aromatic nitrogens is 2. The predicted molar refractivity (Wildman–Crippen MR) is 68.3 cm³/mol. The lowest BCUT2D eigenvalue weighted by atomic mass is 10.6. The van der Waals surface area contributed by atoms with Crippen molar-refractivity contribution in [2.75, 3.05) is 26.3 Å². The van der Waals surface area contributed by atoms with Crippen LogP contribution in [-0.2, 0) is 11.3 Å². The summed E-state index contributed by atoms with van der Waals surface area (Å²) in [5.74, 6) is 1.84. The highest BCUT2D eigenvalue weighted by Crippen LogP contribution is 1.97. The molecule has 0 unspecified atom stereocenters. The van der Waals surface area contributed by atoms with Crippen molar-refractivity contribution < 1.29 is 9.26 Å². The SMILES string of the molecule is CCNC(=NCc1nc(C)no1)NCCOCC. The van der Waals surface area contributed by atoms with E-state index in [2.05, 4.69) is 25.8 Å². The number of aliphatic imine (C=N–C) groups is 1. The summed E-state index contributed by atoms with van der Waals surface area (Å²) in [6, 6.07) is 0. The summed E-state index contributed by atoms with van der Waals surface area (Å²) in [7, 11) is 0. The van der Waals surface area contributed by atoms with Crippen LogP contribution in [0, 0.1) is 6.92 Å². The first-order valence-corrected chi connectivity index (χ1v) is 6.15. The van der Waals surface area contributed by atoms with Crippen molar-refractivity contribution in [3.05, 3.63) is 11.7 Å². The first-order valence-electron chi connectivity index (χ1n) is 6.15. The Morgan fingerprint density at radius 1 is 1.39 bits per heavy atom. The van der Waals surface area contributed by atoms with Gasteiger partial charge in [0.15, 0.2) is 11.8 Å². The van der Waals surface area contributed by atoms with E-state index in [1.54, 1.807) is 6.92 Å². The lowest BCUT2D eigenvalue weighted by Crippen LogP contribution is -2.39. The maximum atomic E-state index is 5.24. The van der Waals surface area contributed by atoms with E-state index in [0.29, 0.717) is 37.4 Å². The molecule has 1 rings (SSSR count). The van der Waals surface area contributed by atoms with Gasteiger partial charge in [-0.05, 0) is 20.8 Å². The molecule has 7 heteroatoms. The Kier molecular flexibility index (Phi) is 6.78. The number of guanidine groups is 1. The topological polar surface area (TPSA) is 84.6 Å². The minimum atomic E-state index is 0.366. The number of hydrogen-bond donors (Lipinski definition) is 2. The van der Waals surface area contributed by atoms with Crippen LogP contribution in [0.2, 0.25) is 0 Å². The zero-order chi connectivity index (χ0) is 13.2. The van der Waals surface area contributed by atoms with E-state index < -0.39 is 0 Å². The van der Waals surface area contributed by atoms with Crippen molar-refractivity contribution in [2.24, 2.45) is 4.99 Å². The van der Waals surface area contributed by atoms with Gasteiger partial charge in [-0.1, -0.05) is 5.16 Å². The van der Waals surface area contributed by atoms with Gasteiger partial charge >= 0.3 is 0 Å². The highest BCUT2D eigenvalue weighted by Gasteiger charge is 2.02. The Morgan fingerprint density at radius 2 is 2.22 bits per heavy atom. The summed E-state index contributed by atoms with van der Waals surface area (Å²) in [5, 5.41) is 10.00. The van der Waals surface area contributed by atoms with Crippen molar-refractivity contribution in [1.82, 2.24) is 20.8 Å². The molecule has 0 aliphatic rings. The molecular weight excluding hydrogens is 234 g/mol. The summed E-state index contributed by atoms with van der Waals surface area (Å²) in [5.41, 5.74) is 0. The fourth-order valence-corrected chi connectivity index (χ4v) is 1.28. The summed E-state index contributed by atoms with van der Waals surface area (Å²) in [6.45, 7) is 9.00. The highest BCUT2D eigenvalue weighted by atomic mass is 16.5. The lowest BCUT2D eigenvalue weighted by Gasteiger charge is -2.10. The third-order valence-electron chi connectivity index (χ3n) is 2.03. The molecule has 2 N–H and O–H groups in total. The second-order valence-electron chi connectivity index (χ2n) is 3.55. The van der Waals surface area contributed by atoms with Crippen molar-refractivity contribution in [3.63, 3.8) is 0 Å². The third kappa shape index (κ3) is 5.62. The average Bonchev–Trinajstić information content (AvgIpc) is 2.77. The largest absolute Gasteiger partial charge is 0.380 e. The molecule has 0 fully saturated rings. The quantitative estimate of drug-likeness (QED) is 0.418. The standard InChI is InChI=1S/C11H21N5O2/c1-4-12-11(13-6-7-17-5-2)14-8-10-15-9(3)16-18-10/h4-8H2,1-3H3,(H2,12,13,14). The Balaban J connectivity index is 2.39. The number of aryl methyl sites for hydroxylation is 1. The third-order valence-corrected chi connectivity index (χ3v) is 2.03. The molecule has 102 valence electrons. The van der Waals surface area contributed by atoms with Crippen LogP contribution in [0.1, 0.15) is 25.6 Å². The monoisotopic (exact) mass is 255 g/mol. The molecule has 0 aliphatic carbocycles. The predicted octanol–water partition coefficient (Wildman–Crippen LogP) is 0.470. The molecule has 0 aliphatic heterocycles. The van der Waals surface area contributed by atoms with Gasteiger partial charge in [0.25, 0.3) is 0 Å². The Hall–Kier alpha value is -1.63. The Morgan fingerprint density at radius 3 is 2.83 bits per heavy atom. The van der Waals surface area contributed by atoms with Gasteiger partial charge in [-0.2, -0.15) is 4.98 Å². The van der Waals surface area contributed by atoms with Crippen LogP contribution in [0.3, 0.4) is 0 Å². The van der Waals surface area contributed by atoms with E-state index in [0.717, 1.165) is 13.2 Å². The van der Waals surface area contributed by atoms with E-state index in [1.165, 1.54) is 0 Å². The minimum absolute atomic E-state index is 0.366. The normalized spacial score (nSPS) is 11.6. The first kappa shape index (κ1) is 14.4. The highest BCUT2D eigenvalue weighted by molar-refractivity contribution is 5.79. The van der Waals surface area contributed by atoms with Gasteiger partial charge in [-0.25, -0.2) is 4.99 Å². The van der Waals surface area contributed by atoms with Gasteiger partial charge < -0.3 is 19.9 Å². The van der Waals surface area contributed by atoms with Crippen LogP contribution >= 0.6 is 0 Å². The van der Waals surface area contributed by atoms with Gasteiger partial charge in [0.2, 0.25) is 5.89 Å². The summed E-state index contributed by atoms with van der Waals surface area (Å²) in [4.78, 5) is 8.42. The van der Waals surface area contributed by atoms with Gasteiger partial charge in [0.1, 0.15) is 6.54 Å². The average molecular weight is 255 g/mol. The minimum Gasteiger partial charge on any atom is -0.380 e. The molecule has 18 heavy (non-hydrogen) atoms. The van der Waals surface area contributed by atoms with Gasteiger partial charge in [-0.3, -0.25) is 0 Å². The number of nitrogens with one attached hydrogen (secondary N) is 2. The van der Waals surface area contributed by atoms with Crippen LogP contribution in [0.5, 0.6) is 0 Å². The molecule has 0 aromatic carbocycles. The zero-order valence-electron chi connectivity index (χ0n) is 11.2. The Labute approximate surface area is 107 Å². The maximum absolute atomic E-state index is 5.24. The number of hydrogen-bond acceptors (Lipinski definition) is 5.